The zero-order valence-corrected chi connectivity index (χ0v) is 9.72. The summed E-state index contributed by atoms with van der Waals surface area (Å²) < 4.78 is 17.0. The lowest BCUT2D eigenvalue weighted by atomic mass is 10.0. The van der Waals surface area contributed by atoms with Gasteiger partial charge in [-0.1, -0.05) is 6.92 Å². The molecule has 2 unspecified atom stereocenters. The fraction of sp³-hybridized carbons (Fsp3) is 1.00. The Morgan fingerprint density at radius 3 is 2.71 bits per heavy atom. The average molecular weight is 219 g/mol. The van der Waals surface area contributed by atoms with Gasteiger partial charge in [-0.3, -0.25) is 4.21 Å². The molecule has 1 aliphatic heterocycles. The fourth-order valence-electron chi connectivity index (χ4n) is 1.63. The highest BCUT2D eigenvalue weighted by Gasteiger charge is 2.17. The first-order valence-electron chi connectivity index (χ1n) is 5.35. The molecule has 0 amide bonds. The molecule has 1 rings (SSSR count). The molecule has 0 aromatic heterocycles. The molecule has 2 atom stereocenters. The van der Waals surface area contributed by atoms with Gasteiger partial charge in [-0.25, -0.2) is 0 Å². The summed E-state index contributed by atoms with van der Waals surface area (Å²) in [4.78, 5) is 0. The van der Waals surface area contributed by atoms with E-state index in [4.69, 9.17) is 10.5 Å². The van der Waals surface area contributed by atoms with Crippen LogP contribution in [0.2, 0.25) is 0 Å². The summed E-state index contributed by atoms with van der Waals surface area (Å²) >= 11 is 0. The van der Waals surface area contributed by atoms with E-state index < -0.39 is 10.8 Å². The van der Waals surface area contributed by atoms with Crippen molar-refractivity contribution >= 4 is 10.8 Å². The van der Waals surface area contributed by atoms with Crippen LogP contribution >= 0.6 is 0 Å². The van der Waals surface area contributed by atoms with E-state index in [0.29, 0.717) is 18.4 Å². The first-order chi connectivity index (χ1) is 6.72. The molecule has 0 bridgehead atoms. The van der Waals surface area contributed by atoms with Crippen LogP contribution in [-0.4, -0.2) is 35.5 Å². The van der Waals surface area contributed by atoms with Crippen molar-refractivity contribution in [1.82, 2.24) is 0 Å². The van der Waals surface area contributed by atoms with Gasteiger partial charge in [-0.15, -0.1) is 0 Å². The van der Waals surface area contributed by atoms with Crippen molar-refractivity contribution in [3.8, 4) is 0 Å². The Bertz CT molecular complexity index is 181. The Balaban J connectivity index is 2.18. The van der Waals surface area contributed by atoms with Crippen molar-refractivity contribution in [2.24, 2.45) is 17.6 Å². The van der Waals surface area contributed by atoms with Crippen molar-refractivity contribution in [2.75, 3.05) is 31.3 Å². The minimum atomic E-state index is -0.683. The zero-order chi connectivity index (χ0) is 10.4. The third-order valence-electron chi connectivity index (χ3n) is 2.64. The van der Waals surface area contributed by atoms with E-state index in [0.717, 1.165) is 37.6 Å². The van der Waals surface area contributed by atoms with E-state index >= 15 is 0 Å². The summed E-state index contributed by atoms with van der Waals surface area (Å²) in [6.07, 6.45) is 2.14. The summed E-state index contributed by atoms with van der Waals surface area (Å²) in [6.45, 7) is 4.38. The van der Waals surface area contributed by atoms with Crippen LogP contribution in [0.15, 0.2) is 0 Å². The summed E-state index contributed by atoms with van der Waals surface area (Å²) in [5.41, 5.74) is 5.50. The molecular formula is C10H21NO2S. The molecule has 14 heavy (non-hydrogen) atoms. The zero-order valence-electron chi connectivity index (χ0n) is 8.91. The third kappa shape index (κ3) is 4.53. The van der Waals surface area contributed by atoms with Crippen LogP contribution in [0.25, 0.3) is 0 Å². The Hall–Kier alpha value is 0.0700. The first kappa shape index (κ1) is 12.1. The second-order valence-corrected chi connectivity index (χ2v) is 5.72. The Morgan fingerprint density at radius 1 is 1.50 bits per heavy atom. The molecule has 1 aliphatic rings. The van der Waals surface area contributed by atoms with Crippen molar-refractivity contribution < 1.29 is 8.95 Å². The van der Waals surface area contributed by atoms with Crippen molar-refractivity contribution in [3.05, 3.63) is 0 Å². The van der Waals surface area contributed by atoms with Gasteiger partial charge in [0.2, 0.25) is 0 Å². The maximum absolute atomic E-state index is 11.7. The molecule has 84 valence electrons. The minimum Gasteiger partial charge on any atom is -0.381 e. The van der Waals surface area contributed by atoms with Crippen LogP contribution < -0.4 is 5.73 Å². The lowest BCUT2D eigenvalue weighted by molar-refractivity contribution is 0.0725. The number of rotatable bonds is 5. The molecule has 0 saturated carbocycles. The molecule has 0 aromatic carbocycles. The van der Waals surface area contributed by atoms with Gasteiger partial charge in [0.1, 0.15) is 0 Å². The van der Waals surface area contributed by atoms with Crippen LogP contribution in [-0.2, 0) is 15.5 Å². The molecule has 0 aliphatic carbocycles. The lowest BCUT2D eigenvalue weighted by Crippen LogP contribution is -2.25. The maximum atomic E-state index is 11.7. The van der Waals surface area contributed by atoms with E-state index in [2.05, 4.69) is 6.92 Å². The van der Waals surface area contributed by atoms with Crippen molar-refractivity contribution in [3.63, 3.8) is 0 Å². The summed E-state index contributed by atoms with van der Waals surface area (Å²) in [5, 5.41) is 0. The van der Waals surface area contributed by atoms with Crippen LogP contribution in [0.3, 0.4) is 0 Å². The van der Waals surface area contributed by atoms with Gasteiger partial charge >= 0.3 is 0 Å². The van der Waals surface area contributed by atoms with Gasteiger partial charge in [0, 0.05) is 35.5 Å². The van der Waals surface area contributed by atoms with Crippen LogP contribution in [0.1, 0.15) is 19.8 Å². The molecule has 0 spiro atoms. The van der Waals surface area contributed by atoms with E-state index in [1.165, 1.54) is 0 Å². The maximum Gasteiger partial charge on any atom is 0.0469 e. The standard InChI is InChI=1S/C10H21NO2S/c1-9(6-11)7-14(12)8-10-2-4-13-5-3-10/h9-10H,2-8,11H2,1H3. The van der Waals surface area contributed by atoms with Gasteiger partial charge in [0.15, 0.2) is 0 Å². The summed E-state index contributed by atoms with van der Waals surface area (Å²) in [5.74, 6) is 2.59. The SMILES string of the molecule is CC(CN)CS(=O)CC1CCOCC1. The molecule has 4 heteroatoms. The quantitative estimate of drug-likeness (QED) is 0.742. The summed E-state index contributed by atoms with van der Waals surface area (Å²) in [6, 6.07) is 0. The van der Waals surface area contributed by atoms with Gasteiger partial charge < -0.3 is 10.5 Å². The Labute approximate surface area is 88.8 Å². The molecule has 2 N–H and O–H groups in total. The second-order valence-electron chi connectivity index (χ2n) is 4.17. The van der Waals surface area contributed by atoms with Crippen LogP contribution in [0, 0.1) is 11.8 Å². The van der Waals surface area contributed by atoms with Gasteiger partial charge in [-0.2, -0.15) is 0 Å². The second kappa shape index (κ2) is 6.53. The first-order valence-corrected chi connectivity index (χ1v) is 6.84. The predicted molar refractivity (Wildman–Crippen MR) is 59.6 cm³/mol. The molecule has 1 heterocycles. The number of hydrogen-bond donors (Lipinski definition) is 1. The van der Waals surface area contributed by atoms with E-state index in [1.807, 2.05) is 0 Å². The van der Waals surface area contributed by atoms with Crippen molar-refractivity contribution in [2.45, 2.75) is 19.8 Å². The number of nitrogens with two attached hydrogens (primary N) is 1. The average Bonchev–Trinajstić information content (AvgIpc) is 2.19. The number of ether oxygens (including phenoxy) is 1. The molecule has 0 aromatic rings. The summed E-state index contributed by atoms with van der Waals surface area (Å²) in [7, 11) is -0.683. The van der Waals surface area contributed by atoms with Crippen LogP contribution in [0.5, 0.6) is 0 Å². The van der Waals surface area contributed by atoms with Crippen molar-refractivity contribution in [1.29, 1.82) is 0 Å². The highest BCUT2D eigenvalue weighted by molar-refractivity contribution is 7.85. The molecule has 1 saturated heterocycles. The lowest BCUT2D eigenvalue weighted by Gasteiger charge is -2.21. The topological polar surface area (TPSA) is 52.3 Å². The monoisotopic (exact) mass is 219 g/mol. The molecule has 0 radical (unpaired) electrons. The largest absolute Gasteiger partial charge is 0.381 e. The van der Waals surface area contributed by atoms with E-state index in [-0.39, 0.29) is 0 Å². The Kier molecular flexibility index (Phi) is 5.67. The highest BCUT2D eigenvalue weighted by atomic mass is 32.2. The molecule has 3 nitrogen and oxygen atoms in total. The van der Waals surface area contributed by atoms with Gasteiger partial charge in [-0.05, 0) is 31.2 Å². The smallest absolute Gasteiger partial charge is 0.0469 e. The van der Waals surface area contributed by atoms with Gasteiger partial charge in [0.05, 0.1) is 0 Å². The third-order valence-corrected chi connectivity index (χ3v) is 4.42. The van der Waals surface area contributed by atoms with Gasteiger partial charge in [0.25, 0.3) is 0 Å². The highest BCUT2D eigenvalue weighted by Crippen LogP contribution is 2.16. The fourth-order valence-corrected chi connectivity index (χ4v) is 3.40. The van der Waals surface area contributed by atoms with E-state index in [1.54, 1.807) is 0 Å². The van der Waals surface area contributed by atoms with Crippen LogP contribution in [0.4, 0.5) is 0 Å². The minimum absolute atomic E-state index is 0.385. The molecular weight excluding hydrogens is 198 g/mol. The predicted octanol–water partition coefficient (Wildman–Crippen LogP) is 0.756. The molecule has 1 fully saturated rings. The Morgan fingerprint density at radius 2 is 2.14 bits per heavy atom. The number of hydrogen-bond acceptors (Lipinski definition) is 3. The van der Waals surface area contributed by atoms with E-state index in [9.17, 15) is 4.21 Å². The normalized spacial score (nSPS) is 23.3.